The zero-order valence-corrected chi connectivity index (χ0v) is 19.7. The number of benzene rings is 2. The normalized spacial score (nSPS) is 15.8. The van der Waals surface area contributed by atoms with Crippen molar-refractivity contribution >= 4 is 28.2 Å². The van der Waals surface area contributed by atoms with E-state index in [1.54, 1.807) is 18.9 Å². The molecule has 2 heterocycles. The molecule has 1 aliphatic heterocycles. The lowest BCUT2D eigenvalue weighted by Crippen LogP contribution is -2.37. The fraction of sp³-hybridized carbons (Fsp3) is 0.400. The molecular weight excluding hydrogens is 445 g/mol. The Hall–Kier alpha value is -3.20. The second-order valence-electron chi connectivity index (χ2n) is 9.04. The topological polar surface area (TPSA) is 67.3 Å². The third-order valence-electron chi connectivity index (χ3n) is 6.46. The number of hydrogen-bond donors (Lipinski definition) is 1. The number of anilines is 2. The Bertz CT molecular complexity index is 1260. The Labute approximate surface area is 196 Å². The zero-order chi connectivity index (χ0) is 24.8. The van der Waals surface area contributed by atoms with Crippen molar-refractivity contribution in [1.29, 1.82) is 0 Å². The highest BCUT2D eigenvalue weighted by molar-refractivity contribution is 6.11. The second kappa shape index (κ2) is 8.87. The van der Waals surface area contributed by atoms with Gasteiger partial charge in [-0.1, -0.05) is 18.2 Å². The Kier molecular flexibility index (Phi) is 6.24. The van der Waals surface area contributed by atoms with Gasteiger partial charge in [0.05, 0.1) is 29.3 Å². The van der Waals surface area contributed by atoms with E-state index in [4.69, 9.17) is 4.74 Å². The molecule has 3 aromatic rings. The van der Waals surface area contributed by atoms with Gasteiger partial charge in [0.25, 0.3) is 6.43 Å². The van der Waals surface area contributed by atoms with Crippen LogP contribution in [0.25, 0.3) is 10.8 Å². The molecule has 1 aromatic heterocycles. The van der Waals surface area contributed by atoms with Gasteiger partial charge in [0.1, 0.15) is 5.82 Å². The summed E-state index contributed by atoms with van der Waals surface area (Å²) in [6.45, 7) is 8.06. The molecule has 4 rings (SSSR count). The summed E-state index contributed by atoms with van der Waals surface area (Å²) in [5, 5.41) is 13.1. The number of halogens is 3. The molecule has 1 N–H and O–H groups in total. The van der Waals surface area contributed by atoms with Crippen molar-refractivity contribution in [2.75, 3.05) is 30.5 Å². The van der Waals surface area contributed by atoms with Gasteiger partial charge in [0, 0.05) is 35.7 Å². The van der Waals surface area contributed by atoms with E-state index in [0.717, 1.165) is 22.7 Å². The van der Waals surface area contributed by atoms with Crippen molar-refractivity contribution in [3.8, 4) is 0 Å². The van der Waals surface area contributed by atoms with Crippen LogP contribution in [0, 0.1) is 12.7 Å². The highest BCUT2D eigenvalue weighted by Crippen LogP contribution is 2.45. The van der Waals surface area contributed by atoms with Gasteiger partial charge in [0.2, 0.25) is 5.91 Å². The van der Waals surface area contributed by atoms with Gasteiger partial charge in [-0.25, -0.2) is 13.2 Å². The van der Waals surface area contributed by atoms with E-state index in [0.29, 0.717) is 30.0 Å². The average Bonchev–Trinajstić information content (AvgIpc) is 2.98. The van der Waals surface area contributed by atoms with Gasteiger partial charge in [-0.05, 0) is 45.4 Å². The van der Waals surface area contributed by atoms with E-state index < -0.39 is 29.3 Å². The first-order chi connectivity index (χ1) is 16.1. The van der Waals surface area contributed by atoms with Crippen LogP contribution in [0.2, 0.25) is 0 Å². The van der Waals surface area contributed by atoms with E-state index in [1.807, 2.05) is 32.9 Å². The largest absolute Gasteiger partial charge is 0.383 e. The second-order valence-corrected chi connectivity index (χ2v) is 9.04. The number of aromatic nitrogens is 2. The van der Waals surface area contributed by atoms with Crippen molar-refractivity contribution < 1.29 is 22.7 Å². The Balaban J connectivity index is 1.80. The van der Waals surface area contributed by atoms with Crippen LogP contribution in [0.4, 0.5) is 24.7 Å². The predicted octanol–water partition coefficient (Wildman–Crippen LogP) is 5.46. The summed E-state index contributed by atoms with van der Waals surface area (Å²) in [4.78, 5) is 14.8. The summed E-state index contributed by atoms with van der Waals surface area (Å²) in [6.07, 6.45) is -2.91. The summed E-state index contributed by atoms with van der Waals surface area (Å²) < 4.78 is 46.3. The molecule has 34 heavy (non-hydrogen) atoms. The molecule has 0 saturated carbocycles. The molecule has 180 valence electrons. The molecule has 0 aliphatic carbocycles. The van der Waals surface area contributed by atoms with Crippen LogP contribution in [-0.2, 0) is 14.9 Å². The van der Waals surface area contributed by atoms with Crippen LogP contribution in [-0.4, -0.2) is 36.4 Å². The maximum absolute atomic E-state index is 14.7. The molecule has 9 heteroatoms. The molecule has 0 spiro atoms. The van der Waals surface area contributed by atoms with E-state index >= 15 is 0 Å². The molecule has 0 bridgehead atoms. The molecule has 1 atom stereocenters. The Morgan fingerprint density at radius 2 is 1.85 bits per heavy atom. The number of nitrogens with zero attached hydrogens (tertiary/aromatic N) is 3. The third-order valence-corrected chi connectivity index (χ3v) is 6.46. The van der Waals surface area contributed by atoms with E-state index in [9.17, 15) is 18.0 Å². The standard InChI is InChI=1S/C25H27F3N4O2/c1-13(15-7-6-8-16(21(15)26)22(27)28)29-23-18-12-20-19(11-17(18)14(2)30-31-23)25(3,4)24(33)32(20)9-10-34-5/h6-8,11-13,22H,9-10H2,1-5H3,(H,29,31)/t13-/m1/s1. The smallest absolute Gasteiger partial charge is 0.266 e. The van der Waals surface area contributed by atoms with Crippen molar-refractivity contribution in [3.63, 3.8) is 0 Å². The molecule has 0 radical (unpaired) electrons. The molecule has 0 unspecified atom stereocenters. The summed E-state index contributed by atoms with van der Waals surface area (Å²) >= 11 is 0. The molecule has 6 nitrogen and oxygen atoms in total. The summed E-state index contributed by atoms with van der Waals surface area (Å²) in [5.41, 5.74) is 1.07. The van der Waals surface area contributed by atoms with Gasteiger partial charge >= 0.3 is 0 Å². The van der Waals surface area contributed by atoms with Crippen LogP contribution >= 0.6 is 0 Å². The number of methoxy groups -OCH3 is 1. The van der Waals surface area contributed by atoms with Gasteiger partial charge in [-0.3, -0.25) is 4.79 Å². The minimum atomic E-state index is -2.91. The number of carbonyl (C=O) groups excluding carboxylic acids is 1. The van der Waals surface area contributed by atoms with Gasteiger partial charge in [-0.2, -0.15) is 5.10 Å². The van der Waals surface area contributed by atoms with Gasteiger partial charge < -0.3 is 15.0 Å². The highest BCUT2D eigenvalue weighted by atomic mass is 19.3. The number of carbonyl (C=O) groups is 1. The van der Waals surface area contributed by atoms with E-state index in [1.165, 1.54) is 12.1 Å². The SMILES string of the molecule is COCCN1C(=O)C(C)(C)c2cc3c(C)nnc(N[C@H](C)c4cccc(C(F)F)c4F)c3cc21. The zero-order valence-electron chi connectivity index (χ0n) is 19.7. The van der Waals surface area contributed by atoms with E-state index in [2.05, 4.69) is 15.5 Å². The minimum Gasteiger partial charge on any atom is -0.383 e. The van der Waals surface area contributed by atoms with Crippen LogP contribution in [0.5, 0.6) is 0 Å². The maximum atomic E-state index is 14.7. The number of rotatable bonds is 7. The first-order valence-electron chi connectivity index (χ1n) is 11.0. The van der Waals surface area contributed by atoms with Crippen LogP contribution in [0.3, 0.4) is 0 Å². The lowest BCUT2D eigenvalue weighted by molar-refractivity contribution is -0.122. The summed E-state index contributed by atoms with van der Waals surface area (Å²) in [5.74, 6) is -0.593. The van der Waals surface area contributed by atoms with Crippen LogP contribution in [0.15, 0.2) is 30.3 Å². The monoisotopic (exact) mass is 472 g/mol. The number of hydrogen-bond acceptors (Lipinski definition) is 5. The number of fused-ring (bicyclic) bond motifs is 2. The number of ether oxygens (including phenoxy) is 1. The van der Waals surface area contributed by atoms with Crippen molar-refractivity contribution in [1.82, 2.24) is 10.2 Å². The Morgan fingerprint density at radius 3 is 2.53 bits per heavy atom. The number of amides is 1. The summed E-state index contributed by atoms with van der Waals surface area (Å²) in [7, 11) is 1.58. The average molecular weight is 473 g/mol. The molecule has 1 aliphatic rings. The number of aryl methyl sites for hydroxylation is 1. The molecular formula is C25H27F3N4O2. The van der Waals surface area contributed by atoms with Crippen molar-refractivity contribution in [2.24, 2.45) is 0 Å². The van der Waals surface area contributed by atoms with Crippen LogP contribution < -0.4 is 10.2 Å². The molecule has 1 amide bonds. The lowest BCUT2D eigenvalue weighted by Gasteiger charge is -2.20. The molecule has 0 saturated heterocycles. The predicted molar refractivity (Wildman–Crippen MR) is 125 cm³/mol. The quantitative estimate of drug-likeness (QED) is 0.495. The van der Waals surface area contributed by atoms with Crippen molar-refractivity contribution in [3.05, 3.63) is 58.5 Å². The van der Waals surface area contributed by atoms with Gasteiger partial charge in [-0.15, -0.1) is 5.10 Å². The minimum absolute atomic E-state index is 0.0258. The fourth-order valence-electron chi connectivity index (χ4n) is 4.47. The number of alkyl halides is 2. The van der Waals surface area contributed by atoms with Crippen LogP contribution in [0.1, 0.15) is 55.6 Å². The summed E-state index contributed by atoms with van der Waals surface area (Å²) in [6, 6.07) is 7.13. The third kappa shape index (κ3) is 3.87. The van der Waals surface area contributed by atoms with Gasteiger partial charge in [0.15, 0.2) is 5.82 Å². The van der Waals surface area contributed by atoms with Crippen molar-refractivity contribution in [2.45, 2.75) is 45.6 Å². The first-order valence-corrected chi connectivity index (χ1v) is 11.0. The lowest BCUT2D eigenvalue weighted by atomic mass is 9.85. The Morgan fingerprint density at radius 1 is 1.15 bits per heavy atom. The first kappa shape index (κ1) is 23.9. The van der Waals surface area contributed by atoms with E-state index in [-0.39, 0.29) is 11.5 Å². The number of nitrogens with one attached hydrogen (secondary N) is 1. The highest BCUT2D eigenvalue weighted by Gasteiger charge is 2.44. The maximum Gasteiger partial charge on any atom is 0.266 e. The molecule has 0 fully saturated rings. The molecule has 2 aromatic carbocycles. The fourth-order valence-corrected chi connectivity index (χ4v) is 4.47.